The number of benzene rings is 1. The van der Waals surface area contributed by atoms with Crippen molar-refractivity contribution in [3.8, 4) is 11.8 Å². The average Bonchev–Trinajstić information content (AvgIpc) is 3.27. The summed E-state index contributed by atoms with van der Waals surface area (Å²) in [7, 11) is -3.84. The molecule has 10 heteroatoms. The molecule has 2 amide bonds. The van der Waals surface area contributed by atoms with Crippen LogP contribution in [0.15, 0.2) is 36.5 Å². The van der Waals surface area contributed by atoms with Gasteiger partial charge in [-0.1, -0.05) is 24.0 Å². The molecule has 2 heterocycles. The van der Waals surface area contributed by atoms with Gasteiger partial charge in [-0.2, -0.15) is 0 Å². The number of hydrogen-bond donors (Lipinski definition) is 3. The number of aromatic nitrogens is 1. The summed E-state index contributed by atoms with van der Waals surface area (Å²) in [4.78, 5) is 26.1. The minimum atomic E-state index is -3.84. The van der Waals surface area contributed by atoms with Gasteiger partial charge in [-0.25, -0.2) is 18.7 Å². The van der Waals surface area contributed by atoms with Crippen LogP contribution in [0.2, 0.25) is 0 Å². The number of aliphatic hydroxyl groups is 1. The van der Waals surface area contributed by atoms with Crippen molar-refractivity contribution in [3.63, 3.8) is 0 Å². The van der Waals surface area contributed by atoms with E-state index in [1.54, 1.807) is 26.1 Å². The van der Waals surface area contributed by atoms with Gasteiger partial charge in [-0.15, -0.1) is 0 Å². The SMILES string of the molecule is CC(C)(O)c1ccc(C#Cc2cc3n(c2)C(=O)N(CCC(C)(C(=O)NO)S(C)(=O)=O)C3)cc1. The van der Waals surface area contributed by atoms with Gasteiger partial charge < -0.3 is 10.0 Å². The predicted octanol–water partition coefficient (Wildman–Crippen LogP) is 1.60. The van der Waals surface area contributed by atoms with Crippen LogP contribution < -0.4 is 5.48 Å². The number of amides is 2. The van der Waals surface area contributed by atoms with Crippen molar-refractivity contribution in [2.75, 3.05) is 12.8 Å². The van der Waals surface area contributed by atoms with Crippen LogP contribution in [0.25, 0.3) is 0 Å². The fourth-order valence-corrected chi connectivity index (χ4v) is 4.35. The Morgan fingerprint density at radius 3 is 2.27 bits per heavy atom. The Balaban J connectivity index is 1.70. The number of carbonyl (C=O) groups excluding carboxylic acids is 2. The third-order valence-corrected chi connectivity index (χ3v) is 7.96. The number of carbonyl (C=O) groups is 2. The molecule has 0 bridgehead atoms. The topological polar surface area (TPSA) is 129 Å². The van der Waals surface area contributed by atoms with Crippen LogP contribution in [0.5, 0.6) is 0 Å². The van der Waals surface area contributed by atoms with Crippen LogP contribution in [0.3, 0.4) is 0 Å². The van der Waals surface area contributed by atoms with E-state index in [2.05, 4.69) is 11.8 Å². The first-order valence-corrected chi connectivity index (χ1v) is 12.1. The maximum atomic E-state index is 12.7. The summed E-state index contributed by atoms with van der Waals surface area (Å²) >= 11 is 0. The molecule has 33 heavy (non-hydrogen) atoms. The standard InChI is InChI=1S/C23H27N3O6S/c1-22(2,29)18-9-7-16(8-10-18)5-6-17-13-19-15-25(21(28)26(19)14-17)12-11-23(3,20(27)24-30)33(4,31)32/h7-10,13-14,29-30H,11-12,15H2,1-4H3,(H,24,27). The lowest BCUT2D eigenvalue weighted by molar-refractivity contribution is -0.131. The maximum absolute atomic E-state index is 12.7. The summed E-state index contributed by atoms with van der Waals surface area (Å²) in [5.74, 6) is 5.01. The van der Waals surface area contributed by atoms with Crippen LogP contribution in [0.1, 0.15) is 49.6 Å². The van der Waals surface area contributed by atoms with Crippen molar-refractivity contribution < 1.29 is 28.3 Å². The zero-order valence-electron chi connectivity index (χ0n) is 18.9. The number of sulfone groups is 1. The number of hydrogen-bond acceptors (Lipinski definition) is 6. The summed E-state index contributed by atoms with van der Waals surface area (Å²) in [6.07, 6.45) is 2.37. The van der Waals surface area contributed by atoms with E-state index in [-0.39, 0.29) is 25.5 Å². The van der Waals surface area contributed by atoms with Gasteiger partial charge in [0.2, 0.25) is 0 Å². The lowest BCUT2D eigenvalue weighted by atomic mass is 9.97. The zero-order valence-corrected chi connectivity index (χ0v) is 19.7. The third kappa shape index (κ3) is 4.95. The molecule has 0 fully saturated rings. The second-order valence-electron chi connectivity index (χ2n) is 8.87. The van der Waals surface area contributed by atoms with Gasteiger partial charge in [0.1, 0.15) is 0 Å². The van der Waals surface area contributed by atoms with Crippen molar-refractivity contribution in [1.82, 2.24) is 14.9 Å². The summed E-state index contributed by atoms with van der Waals surface area (Å²) in [6, 6.07) is 8.70. The van der Waals surface area contributed by atoms with Gasteiger partial charge >= 0.3 is 6.03 Å². The molecule has 1 unspecified atom stereocenters. The van der Waals surface area contributed by atoms with E-state index in [9.17, 15) is 23.1 Å². The molecule has 0 saturated heterocycles. The molecule has 0 aliphatic carbocycles. The molecular weight excluding hydrogens is 446 g/mol. The van der Waals surface area contributed by atoms with E-state index < -0.39 is 26.1 Å². The Morgan fingerprint density at radius 2 is 1.76 bits per heavy atom. The highest BCUT2D eigenvalue weighted by atomic mass is 32.2. The van der Waals surface area contributed by atoms with Gasteiger partial charge in [-0.3, -0.25) is 14.6 Å². The van der Waals surface area contributed by atoms with Crippen LogP contribution in [-0.4, -0.2) is 57.7 Å². The fourth-order valence-electron chi connectivity index (χ4n) is 3.51. The first-order chi connectivity index (χ1) is 15.3. The van der Waals surface area contributed by atoms with Crippen molar-refractivity contribution in [2.45, 2.75) is 44.1 Å². The normalized spacial score (nSPS) is 15.5. The van der Waals surface area contributed by atoms with Gasteiger partial charge in [0.05, 0.1) is 12.1 Å². The van der Waals surface area contributed by atoms with Crippen molar-refractivity contribution in [1.29, 1.82) is 0 Å². The van der Waals surface area contributed by atoms with Gasteiger partial charge in [0, 0.05) is 35.8 Å². The summed E-state index contributed by atoms with van der Waals surface area (Å²) in [6.45, 7) is 4.91. The van der Waals surface area contributed by atoms with Crippen molar-refractivity contribution >= 4 is 21.8 Å². The van der Waals surface area contributed by atoms with E-state index in [0.717, 1.165) is 17.4 Å². The molecule has 0 spiro atoms. The van der Waals surface area contributed by atoms with E-state index >= 15 is 0 Å². The van der Waals surface area contributed by atoms with Crippen molar-refractivity contribution in [2.24, 2.45) is 0 Å². The Labute approximate surface area is 192 Å². The highest BCUT2D eigenvalue weighted by Gasteiger charge is 2.44. The predicted molar refractivity (Wildman–Crippen MR) is 121 cm³/mol. The average molecular weight is 474 g/mol. The Hall–Kier alpha value is -3.13. The molecule has 1 aromatic heterocycles. The van der Waals surface area contributed by atoms with Gasteiger partial charge in [0.25, 0.3) is 5.91 Å². The Kier molecular flexibility index (Phi) is 6.44. The molecule has 9 nitrogen and oxygen atoms in total. The first kappa shape index (κ1) is 24.5. The second-order valence-corrected chi connectivity index (χ2v) is 11.3. The summed E-state index contributed by atoms with van der Waals surface area (Å²) < 4.78 is 23.8. The summed E-state index contributed by atoms with van der Waals surface area (Å²) in [5.41, 5.74) is 3.38. The molecule has 1 aromatic carbocycles. The van der Waals surface area contributed by atoms with Crippen LogP contribution in [-0.2, 0) is 26.8 Å². The fraction of sp³-hybridized carbons (Fsp3) is 0.391. The highest BCUT2D eigenvalue weighted by Crippen LogP contribution is 2.25. The Morgan fingerprint density at radius 1 is 1.15 bits per heavy atom. The molecular formula is C23H27N3O6S. The van der Waals surface area contributed by atoms with Crippen LogP contribution in [0.4, 0.5) is 4.79 Å². The van der Waals surface area contributed by atoms with E-state index in [1.807, 2.05) is 24.3 Å². The zero-order chi connectivity index (χ0) is 24.6. The largest absolute Gasteiger partial charge is 0.386 e. The number of fused-ring (bicyclic) bond motifs is 1. The van der Waals surface area contributed by atoms with Gasteiger partial charge in [-0.05, 0) is 51.0 Å². The number of nitrogens with one attached hydrogen (secondary N) is 1. The monoisotopic (exact) mass is 473 g/mol. The molecule has 3 N–H and O–H groups in total. The lowest BCUT2D eigenvalue weighted by Gasteiger charge is -2.27. The van der Waals surface area contributed by atoms with E-state index in [4.69, 9.17) is 5.21 Å². The van der Waals surface area contributed by atoms with Crippen molar-refractivity contribution in [3.05, 3.63) is 58.9 Å². The molecule has 176 valence electrons. The van der Waals surface area contributed by atoms with Crippen LogP contribution >= 0.6 is 0 Å². The number of nitrogens with zero attached hydrogens (tertiary/aromatic N) is 2. The van der Waals surface area contributed by atoms with E-state index in [1.165, 1.54) is 21.9 Å². The summed E-state index contributed by atoms with van der Waals surface area (Å²) in [5, 5.41) is 19.0. The molecule has 0 saturated carbocycles. The van der Waals surface area contributed by atoms with Crippen LogP contribution in [0, 0.1) is 11.8 Å². The molecule has 1 aliphatic rings. The van der Waals surface area contributed by atoms with E-state index in [0.29, 0.717) is 11.3 Å². The smallest absolute Gasteiger partial charge is 0.328 e. The number of hydroxylamine groups is 1. The highest BCUT2D eigenvalue weighted by molar-refractivity contribution is 7.92. The minimum Gasteiger partial charge on any atom is -0.386 e. The number of rotatable bonds is 6. The maximum Gasteiger partial charge on any atom is 0.328 e. The Bertz CT molecular complexity index is 1250. The molecule has 2 aromatic rings. The lowest BCUT2D eigenvalue weighted by Crippen LogP contribution is -2.50. The third-order valence-electron chi connectivity index (χ3n) is 5.93. The minimum absolute atomic E-state index is 0.0199. The first-order valence-electron chi connectivity index (χ1n) is 10.3. The molecule has 1 aliphatic heterocycles. The molecule has 3 rings (SSSR count). The molecule has 0 radical (unpaired) electrons. The quantitative estimate of drug-likeness (QED) is 0.332. The second kappa shape index (κ2) is 8.67. The van der Waals surface area contributed by atoms with Gasteiger partial charge in [0.15, 0.2) is 14.6 Å². The molecule has 1 atom stereocenters.